The number of pyridine rings is 1. The molecule has 6 heteroatoms. The van der Waals surface area contributed by atoms with E-state index in [9.17, 15) is 9.59 Å². The van der Waals surface area contributed by atoms with Crippen LogP contribution in [-0.4, -0.2) is 48.8 Å². The van der Waals surface area contributed by atoms with E-state index in [2.05, 4.69) is 22.2 Å². The van der Waals surface area contributed by atoms with Gasteiger partial charge in [-0.2, -0.15) is 0 Å². The molecule has 1 aromatic carbocycles. The Morgan fingerprint density at radius 3 is 2.56 bits per heavy atom. The Bertz CT molecular complexity index is 837. The van der Waals surface area contributed by atoms with Crippen LogP contribution in [0.1, 0.15) is 54.6 Å². The van der Waals surface area contributed by atoms with Crippen LogP contribution in [0, 0.1) is 11.8 Å². The molecule has 2 aliphatic rings. The van der Waals surface area contributed by atoms with Crippen molar-refractivity contribution in [3.8, 4) is 5.75 Å². The lowest BCUT2D eigenvalue weighted by Gasteiger charge is -2.14. The number of nitrogens with zero attached hydrogens (tertiary/aromatic N) is 2. The summed E-state index contributed by atoms with van der Waals surface area (Å²) in [5.74, 6) is 1.26. The predicted octanol–water partition coefficient (Wildman–Crippen LogP) is 4.11. The van der Waals surface area contributed by atoms with Crippen LogP contribution >= 0.6 is 0 Å². The smallest absolute Gasteiger partial charge is 0.274 e. The highest BCUT2D eigenvalue weighted by atomic mass is 16.5. The van der Waals surface area contributed by atoms with Gasteiger partial charge in [0.05, 0.1) is 6.61 Å². The van der Waals surface area contributed by atoms with Gasteiger partial charge in [0, 0.05) is 31.1 Å². The quantitative estimate of drug-likeness (QED) is 0.660. The highest BCUT2D eigenvalue weighted by Crippen LogP contribution is 2.21. The fourth-order valence-corrected chi connectivity index (χ4v) is 4.18. The maximum atomic E-state index is 12.4. The highest BCUT2D eigenvalue weighted by molar-refractivity contribution is 5.94. The molecule has 0 radical (unpaired) electrons. The molecule has 32 heavy (non-hydrogen) atoms. The molecule has 2 fully saturated rings. The summed E-state index contributed by atoms with van der Waals surface area (Å²) < 4.78 is 5.89. The van der Waals surface area contributed by atoms with Crippen molar-refractivity contribution in [1.82, 2.24) is 15.2 Å². The molecule has 1 atom stereocenters. The number of aromatic nitrogens is 1. The Morgan fingerprint density at radius 1 is 1.12 bits per heavy atom. The molecule has 2 aromatic rings. The number of carbonyl (C=O) groups is 2. The topological polar surface area (TPSA) is 71.5 Å². The third-order valence-corrected chi connectivity index (χ3v) is 6.09. The lowest BCUT2D eigenvalue weighted by molar-refractivity contribution is -0.111. The van der Waals surface area contributed by atoms with Crippen LogP contribution in [0.2, 0.25) is 0 Å². The number of rotatable bonds is 7. The fourth-order valence-electron chi connectivity index (χ4n) is 4.18. The second kappa shape index (κ2) is 13.0. The summed E-state index contributed by atoms with van der Waals surface area (Å²) in [6.07, 6.45) is 10.0. The summed E-state index contributed by atoms with van der Waals surface area (Å²) in [6.45, 7) is 3.24. The number of likely N-dealkylation sites (tertiary alicyclic amines) is 1. The third-order valence-electron chi connectivity index (χ3n) is 6.09. The maximum Gasteiger partial charge on any atom is 0.274 e. The minimum absolute atomic E-state index is 0.210. The summed E-state index contributed by atoms with van der Waals surface area (Å²) >= 11 is 0. The SMILES string of the molecule is CN1CCC(COc2cccnc2C(=O)NCc2ccccc2)C1.O=CC1CCCCC1. The molecule has 4 rings (SSSR count). The molecule has 1 N–H and O–H groups in total. The van der Waals surface area contributed by atoms with Crippen LogP contribution in [0.3, 0.4) is 0 Å². The van der Waals surface area contributed by atoms with E-state index in [4.69, 9.17) is 4.74 Å². The second-order valence-corrected chi connectivity index (χ2v) is 8.78. The van der Waals surface area contributed by atoms with Crippen molar-refractivity contribution in [1.29, 1.82) is 0 Å². The second-order valence-electron chi connectivity index (χ2n) is 8.78. The first-order valence-corrected chi connectivity index (χ1v) is 11.7. The van der Waals surface area contributed by atoms with Crippen LogP contribution in [0.5, 0.6) is 5.75 Å². The average Bonchev–Trinajstić information content (AvgIpc) is 3.28. The molecule has 0 spiro atoms. The first-order valence-electron chi connectivity index (χ1n) is 11.7. The Morgan fingerprint density at radius 2 is 1.91 bits per heavy atom. The lowest BCUT2D eigenvalue weighted by atomic mass is 9.91. The van der Waals surface area contributed by atoms with Crippen molar-refractivity contribution < 1.29 is 14.3 Å². The number of amides is 1. The molecule has 1 saturated heterocycles. The average molecular weight is 438 g/mol. The molecule has 1 aliphatic carbocycles. The van der Waals surface area contributed by atoms with Gasteiger partial charge in [0.25, 0.3) is 5.91 Å². The Labute approximate surface area is 191 Å². The Kier molecular flexibility index (Phi) is 9.69. The van der Waals surface area contributed by atoms with Gasteiger partial charge in [-0.3, -0.25) is 4.79 Å². The number of hydrogen-bond donors (Lipinski definition) is 1. The van der Waals surface area contributed by atoms with Crippen molar-refractivity contribution in [2.45, 2.75) is 45.1 Å². The summed E-state index contributed by atoms with van der Waals surface area (Å²) in [5, 5.41) is 2.90. The van der Waals surface area contributed by atoms with Crippen LogP contribution < -0.4 is 10.1 Å². The highest BCUT2D eigenvalue weighted by Gasteiger charge is 2.21. The monoisotopic (exact) mass is 437 g/mol. The molecule has 2 heterocycles. The van der Waals surface area contributed by atoms with Gasteiger partial charge < -0.3 is 19.7 Å². The molecule has 1 aromatic heterocycles. The van der Waals surface area contributed by atoms with Gasteiger partial charge in [-0.25, -0.2) is 4.98 Å². The van der Waals surface area contributed by atoms with E-state index in [1.54, 1.807) is 12.3 Å². The van der Waals surface area contributed by atoms with Crippen molar-refractivity contribution in [3.05, 3.63) is 59.9 Å². The van der Waals surface area contributed by atoms with Crippen molar-refractivity contribution >= 4 is 12.2 Å². The van der Waals surface area contributed by atoms with E-state index in [0.717, 1.165) is 44.2 Å². The van der Waals surface area contributed by atoms with Crippen molar-refractivity contribution in [2.75, 3.05) is 26.7 Å². The molecular formula is C26H35N3O3. The number of aldehydes is 1. The largest absolute Gasteiger partial charge is 0.491 e. The zero-order valence-electron chi connectivity index (χ0n) is 19.0. The van der Waals surface area contributed by atoms with Gasteiger partial charge in [0.2, 0.25) is 0 Å². The van der Waals surface area contributed by atoms with E-state index < -0.39 is 0 Å². The van der Waals surface area contributed by atoms with Crippen LogP contribution in [0.25, 0.3) is 0 Å². The Balaban J connectivity index is 0.000000305. The molecule has 1 saturated carbocycles. The summed E-state index contributed by atoms with van der Waals surface area (Å²) in [7, 11) is 2.12. The van der Waals surface area contributed by atoms with Crippen LogP contribution in [0.15, 0.2) is 48.7 Å². The number of benzene rings is 1. The number of ether oxygens (including phenoxy) is 1. The molecular weight excluding hydrogens is 402 g/mol. The molecule has 1 unspecified atom stereocenters. The van der Waals surface area contributed by atoms with Crippen molar-refractivity contribution in [3.63, 3.8) is 0 Å². The molecule has 6 nitrogen and oxygen atoms in total. The maximum absolute atomic E-state index is 12.4. The molecule has 172 valence electrons. The third kappa shape index (κ3) is 7.75. The predicted molar refractivity (Wildman–Crippen MR) is 126 cm³/mol. The zero-order valence-corrected chi connectivity index (χ0v) is 19.0. The van der Waals surface area contributed by atoms with E-state index in [1.807, 2.05) is 36.4 Å². The normalized spacial score (nSPS) is 19.0. The number of carbonyl (C=O) groups excluding carboxylic acids is 2. The van der Waals surface area contributed by atoms with Gasteiger partial charge in [-0.1, -0.05) is 49.6 Å². The minimum Gasteiger partial charge on any atom is -0.491 e. The van der Waals surface area contributed by atoms with E-state index in [1.165, 1.54) is 19.3 Å². The van der Waals surface area contributed by atoms with Gasteiger partial charge in [0.15, 0.2) is 11.4 Å². The number of nitrogens with one attached hydrogen (secondary N) is 1. The van der Waals surface area contributed by atoms with E-state index >= 15 is 0 Å². The van der Waals surface area contributed by atoms with Crippen molar-refractivity contribution in [2.24, 2.45) is 11.8 Å². The number of hydrogen-bond acceptors (Lipinski definition) is 5. The summed E-state index contributed by atoms with van der Waals surface area (Å²) in [5.41, 5.74) is 1.40. The van der Waals surface area contributed by atoms with Gasteiger partial charge in [0.1, 0.15) is 6.29 Å². The van der Waals surface area contributed by atoms with Gasteiger partial charge in [-0.05, 0) is 50.6 Å². The molecule has 1 amide bonds. The Hall–Kier alpha value is -2.73. The van der Waals surface area contributed by atoms with E-state index in [-0.39, 0.29) is 5.91 Å². The molecule has 1 aliphatic heterocycles. The lowest BCUT2D eigenvalue weighted by Crippen LogP contribution is -2.25. The van der Waals surface area contributed by atoms with Gasteiger partial charge in [-0.15, -0.1) is 0 Å². The van der Waals surface area contributed by atoms with Crippen LogP contribution in [-0.2, 0) is 11.3 Å². The van der Waals surface area contributed by atoms with Crippen LogP contribution in [0.4, 0.5) is 0 Å². The first kappa shape index (κ1) is 23.9. The standard InChI is InChI=1S/C19H23N3O2.C7H12O/c1-22-11-9-16(13-22)14-24-17-8-5-10-20-18(17)19(23)21-12-15-6-3-2-4-7-15;8-6-7-4-2-1-3-5-7/h2-8,10,16H,9,11-14H2,1H3,(H,21,23);6-7H,1-5H2. The first-order chi connectivity index (χ1) is 15.7. The van der Waals surface area contributed by atoms with Gasteiger partial charge >= 0.3 is 0 Å². The van der Waals surface area contributed by atoms with E-state index in [0.29, 0.717) is 36.4 Å². The fraction of sp³-hybridized carbons (Fsp3) is 0.500. The molecule has 0 bridgehead atoms. The summed E-state index contributed by atoms with van der Waals surface area (Å²) in [4.78, 5) is 29.1. The zero-order chi connectivity index (χ0) is 22.6. The minimum atomic E-state index is -0.210. The summed E-state index contributed by atoms with van der Waals surface area (Å²) in [6, 6.07) is 13.4.